The highest BCUT2D eigenvalue weighted by atomic mass is 32.2. The van der Waals surface area contributed by atoms with Crippen molar-refractivity contribution in [2.24, 2.45) is 0 Å². The lowest BCUT2D eigenvalue weighted by Crippen LogP contribution is -2.34. The van der Waals surface area contributed by atoms with Gasteiger partial charge < -0.3 is 10.1 Å². The molecule has 0 spiro atoms. The number of hydrogen-bond donors (Lipinski definition) is 1. The van der Waals surface area contributed by atoms with Crippen LogP contribution in [0.15, 0.2) is 108 Å². The lowest BCUT2D eigenvalue weighted by Gasteiger charge is -2.27. The Balaban J connectivity index is 1.69. The molecule has 0 saturated heterocycles. The molecule has 0 aliphatic heterocycles. The van der Waals surface area contributed by atoms with Crippen LogP contribution in [0.4, 0.5) is 5.69 Å². The SMILES string of the molecule is COc1ccc(S(=O)(=O)N(Cc2ccccc2)c2ccccc2C(=O)NC(C)c2ccc(C(C)(C)C)cc2)cc1. The zero-order valence-corrected chi connectivity index (χ0v) is 24.4. The fourth-order valence-electron chi connectivity index (χ4n) is 4.44. The lowest BCUT2D eigenvalue weighted by molar-refractivity contribution is 0.0940. The molecule has 1 N–H and O–H groups in total. The molecule has 4 aromatic rings. The summed E-state index contributed by atoms with van der Waals surface area (Å²) in [6, 6.07) is 30.3. The minimum absolute atomic E-state index is 0.0293. The summed E-state index contributed by atoms with van der Waals surface area (Å²) in [4.78, 5) is 13.7. The average Bonchev–Trinajstić information content (AvgIpc) is 2.96. The Morgan fingerprint density at radius 3 is 2.05 bits per heavy atom. The van der Waals surface area contributed by atoms with Gasteiger partial charge in [0.2, 0.25) is 0 Å². The quantitative estimate of drug-likeness (QED) is 0.244. The first kappa shape index (κ1) is 28.9. The number of anilines is 1. The van der Waals surface area contributed by atoms with Gasteiger partial charge in [-0.05, 0) is 65.4 Å². The molecule has 4 aromatic carbocycles. The van der Waals surface area contributed by atoms with Crippen LogP contribution in [0.25, 0.3) is 0 Å². The molecular weight excluding hydrogens is 520 g/mol. The van der Waals surface area contributed by atoms with Gasteiger partial charge in [-0.3, -0.25) is 9.10 Å². The summed E-state index contributed by atoms with van der Waals surface area (Å²) in [6.07, 6.45) is 0. The number of hydrogen-bond acceptors (Lipinski definition) is 4. The molecule has 40 heavy (non-hydrogen) atoms. The van der Waals surface area contributed by atoms with E-state index in [1.165, 1.54) is 29.1 Å². The number of rotatable bonds is 9. The van der Waals surface area contributed by atoms with Crippen molar-refractivity contribution < 1.29 is 17.9 Å². The summed E-state index contributed by atoms with van der Waals surface area (Å²) in [5.41, 5.74) is 3.57. The van der Waals surface area contributed by atoms with E-state index in [1.807, 2.05) is 49.4 Å². The topological polar surface area (TPSA) is 75.7 Å². The Morgan fingerprint density at radius 1 is 0.850 bits per heavy atom. The number of para-hydroxylation sites is 1. The number of sulfonamides is 1. The molecule has 208 valence electrons. The van der Waals surface area contributed by atoms with Crippen LogP contribution in [0.5, 0.6) is 5.75 Å². The second-order valence-corrected chi connectivity index (χ2v) is 12.6. The molecule has 0 radical (unpaired) electrons. The first-order valence-corrected chi connectivity index (χ1v) is 14.7. The molecule has 0 fully saturated rings. The summed E-state index contributed by atoms with van der Waals surface area (Å²) in [6.45, 7) is 8.45. The number of methoxy groups -OCH3 is 1. The fraction of sp³-hybridized carbons (Fsp3) is 0.242. The molecule has 0 aliphatic carbocycles. The molecule has 7 heteroatoms. The number of benzene rings is 4. The highest BCUT2D eigenvalue weighted by Gasteiger charge is 2.29. The van der Waals surface area contributed by atoms with Gasteiger partial charge in [0.15, 0.2) is 0 Å². The maximum absolute atomic E-state index is 14.0. The van der Waals surface area contributed by atoms with Crippen LogP contribution in [0.3, 0.4) is 0 Å². The van der Waals surface area contributed by atoms with Gasteiger partial charge in [-0.25, -0.2) is 8.42 Å². The molecule has 1 atom stereocenters. The number of ether oxygens (including phenoxy) is 1. The van der Waals surface area contributed by atoms with E-state index < -0.39 is 10.0 Å². The largest absolute Gasteiger partial charge is 0.497 e. The highest BCUT2D eigenvalue weighted by Crippen LogP contribution is 2.31. The van der Waals surface area contributed by atoms with Crippen LogP contribution in [-0.4, -0.2) is 21.4 Å². The lowest BCUT2D eigenvalue weighted by atomic mass is 9.86. The zero-order valence-electron chi connectivity index (χ0n) is 23.6. The molecule has 1 amide bonds. The zero-order chi connectivity index (χ0) is 28.9. The van der Waals surface area contributed by atoms with E-state index in [2.05, 4.69) is 38.2 Å². The summed E-state index contributed by atoms with van der Waals surface area (Å²) >= 11 is 0. The van der Waals surface area contributed by atoms with Gasteiger partial charge in [-0.15, -0.1) is 0 Å². The van der Waals surface area contributed by atoms with Gasteiger partial charge in [0.1, 0.15) is 5.75 Å². The predicted molar refractivity (Wildman–Crippen MR) is 160 cm³/mol. The van der Waals surface area contributed by atoms with E-state index in [9.17, 15) is 13.2 Å². The van der Waals surface area contributed by atoms with Crippen LogP contribution in [0, 0.1) is 0 Å². The number of amides is 1. The fourth-order valence-corrected chi connectivity index (χ4v) is 5.91. The van der Waals surface area contributed by atoms with Gasteiger partial charge >= 0.3 is 0 Å². The van der Waals surface area contributed by atoms with E-state index in [0.717, 1.165) is 11.1 Å². The van der Waals surface area contributed by atoms with Crippen LogP contribution in [0.1, 0.15) is 60.8 Å². The third-order valence-electron chi connectivity index (χ3n) is 6.86. The Morgan fingerprint density at radius 2 is 1.45 bits per heavy atom. The van der Waals surface area contributed by atoms with E-state index >= 15 is 0 Å². The maximum Gasteiger partial charge on any atom is 0.264 e. The third-order valence-corrected chi connectivity index (χ3v) is 8.63. The van der Waals surface area contributed by atoms with Crippen molar-refractivity contribution in [2.45, 2.75) is 50.6 Å². The number of nitrogens with one attached hydrogen (secondary N) is 1. The van der Waals surface area contributed by atoms with Crippen LogP contribution in [-0.2, 0) is 22.0 Å². The average molecular weight is 557 g/mol. The smallest absolute Gasteiger partial charge is 0.264 e. The molecule has 1 unspecified atom stereocenters. The van der Waals surface area contributed by atoms with Crippen molar-refractivity contribution in [2.75, 3.05) is 11.4 Å². The Bertz CT molecular complexity index is 1540. The molecular formula is C33H36N2O4S. The molecule has 0 heterocycles. The van der Waals surface area contributed by atoms with Crippen molar-refractivity contribution in [3.05, 3.63) is 125 Å². The second-order valence-electron chi connectivity index (χ2n) is 10.8. The molecule has 0 saturated carbocycles. The number of carbonyl (C=O) groups is 1. The van der Waals surface area contributed by atoms with Crippen LogP contribution >= 0.6 is 0 Å². The second kappa shape index (κ2) is 12.0. The van der Waals surface area contributed by atoms with E-state index in [0.29, 0.717) is 11.4 Å². The predicted octanol–water partition coefficient (Wildman–Crippen LogP) is 6.88. The first-order chi connectivity index (χ1) is 19.0. The van der Waals surface area contributed by atoms with Crippen molar-refractivity contribution in [3.63, 3.8) is 0 Å². The Kier molecular flexibility index (Phi) is 8.64. The summed E-state index contributed by atoms with van der Waals surface area (Å²) in [5.74, 6) is 0.198. The van der Waals surface area contributed by atoms with Gasteiger partial charge in [-0.2, -0.15) is 0 Å². The Hall–Kier alpha value is -4.10. The Labute approximate surface area is 237 Å². The van der Waals surface area contributed by atoms with Crippen molar-refractivity contribution >= 4 is 21.6 Å². The molecule has 0 bridgehead atoms. The number of nitrogens with zero attached hydrogens (tertiary/aromatic N) is 1. The van der Waals surface area contributed by atoms with Crippen molar-refractivity contribution in [1.82, 2.24) is 5.32 Å². The monoisotopic (exact) mass is 556 g/mol. The van der Waals surface area contributed by atoms with Gasteiger partial charge in [0, 0.05) is 0 Å². The van der Waals surface area contributed by atoms with Gasteiger partial charge in [0.05, 0.1) is 35.8 Å². The van der Waals surface area contributed by atoms with E-state index in [4.69, 9.17) is 4.74 Å². The summed E-state index contributed by atoms with van der Waals surface area (Å²) < 4.78 is 34.5. The molecule has 4 rings (SSSR count). The molecule has 0 aliphatic rings. The maximum atomic E-state index is 14.0. The van der Waals surface area contributed by atoms with Crippen LogP contribution < -0.4 is 14.4 Å². The minimum atomic E-state index is -4.03. The minimum Gasteiger partial charge on any atom is -0.497 e. The standard InChI is InChI=1S/C33H36N2O4S/c1-24(26-15-17-27(18-16-26)33(2,3)4)34-32(36)30-13-9-10-14-31(30)35(23-25-11-7-6-8-12-25)40(37,38)29-21-19-28(39-5)20-22-29/h6-22,24H,23H2,1-5H3,(H,34,36). The van der Waals surface area contributed by atoms with E-state index in [-0.39, 0.29) is 34.4 Å². The van der Waals surface area contributed by atoms with Gasteiger partial charge in [0.25, 0.3) is 15.9 Å². The van der Waals surface area contributed by atoms with E-state index in [1.54, 1.807) is 36.4 Å². The summed E-state index contributed by atoms with van der Waals surface area (Å²) in [5, 5.41) is 3.06. The van der Waals surface area contributed by atoms with Crippen molar-refractivity contribution in [1.29, 1.82) is 0 Å². The first-order valence-electron chi connectivity index (χ1n) is 13.2. The molecule has 0 aromatic heterocycles. The number of carbonyl (C=O) groups excluding carboxylic acids is 1. The normalized spacial score (nSPS) is 12.4. The van der Waals surface area contributed by atoms with Gasteiger partial charge in [-0.1, -0.05) is 87.5 Å². The highest BCUT2D eigenvalue weighted by molar-refractivity contribution is 7.92. The van der Waals surface area contributed by atoms with Crippen molar-refractivity contribution in [3.8, 4) is 5.75 Å². The summed E-state index contributed by atoms with van der Waals surface area (Å²) in [7, 11) is -2.51. The molecule has 6 nitrogen and oxygen atoms in total. The third kappa shape index (κ3) is 6.54. The van der Waals surface area contributed by atoms with Crippen LogP contribution in [0.2, 0.25) is 0 Å².